The number of carboxylic acids is 1. The van der Waals surface area contributed by atoms with Gasteiger partial charge < -0.3 is 24.4 Å². The summed E-state index contributed by atoms with van der Waals surface area (Å²) in [6, 6.07) is 3.19. The summed E-state index contributed by atoms with van der Waals surface area (Å²) in [5.41, 5.74) is 1.47. The number of methoxy groups -OCH3 is 1. The van der Waals surface area contributed by atoms with E-state index in [0.29, 0.717) is 45.0 Å². The first-order valence-electron chi connectivity index (χ1n) is 8.41. The molecule has 136 valence electrons. The first kappa shape index (κ1) is 17.5. The van der Waals surface area contributed by atoms with E-state index in [1.807, 2.05) is 18.7 Å². The average Bonchev–Trinajstić information content (AvgIpc) is 2.59. The van der Waals surface area contributed by atoms with Crippen LogP contribution in [0.15, 0.2) is 12.1 Å². The number of hydrogen-bond donors (Lipinski definition) is 1. The van der Waals surface area contributed by atoms with Gasteiger partial charge in [0.15, 0.2) is 0 Å². The van der Waals surface area contributed by atoms with Gasteiger partial charge in [0.05, 0.1) is 38.0 Å². The lowest BCUT2D eigenvalue weighted by Gasteiger charge is -2.45. The van der Waals surface area contributed by atoms with Gasteiger partial charge in [0.2, 0.25) is 0 Å². The van der Waals surface area contributed by atoms with Crippen LogP contribution in [-0.4, -0.2) is 65.9 Å². The number of urea groups is 1. The van der Waals surface area contributed by atoms with Crippen molar-refractivity contribution in [3.8, 4) is 5.75 Å². The second kappa shape index (κ2) is 6.55. The van der Waals surface area contributed by atoms with Crippen LogP contribution in [0.3, 0.4) is 0 Å². The van der Waals surface area contributed by atoms with Gasteiger partial charge in [-0.15, -0.1) is 0 Å². The van der Waals surface area contributed by atoms with E-state index in [9.17, 15) is 14.7 Å². The predicted octanol–water partition coefficient (Wildman–Crippen LogP) is 1.98. The summed E-state index contributed by atoms with van der Waals surface area (Å²) >= 11 is 0. The monoisotopic (exact) mass is 348 g/mol. The molecule has 1 aromatic carbocycles. The molecule has 7 heteroatoms. The van der Waals surface area contributed by atoms with Crippen molar-refractivity contribution in [3.05, 3.63) is 28.8 Å². The highest BCUT2D eigenvalue weighted by Gasteiger charge is 2.38. The topological polar surface area (TPSA) is 79.3 Å². The van der Waals surface area contributed by atoms with Crippen molar-refractivity contribution in [2.45, 2.75) is 32.4 Å². The van der Waals surface area contributed by atoms with Gasteiger partial charge in [0.1, 0.15) is 5.75 Å². The molecule has 0 spiro atoms. The quantitative estimate of drug-likeness (QED) is 0.884. The molecule has 0 unspecified atom stereocenters. The number of carbonyl (C=O) groups excluding carboxylic acids is 1. The number of aromatic carboxylic acids is 1. The van der Waals surface area contributed by atoms with E-state index in [1.165, 1.54) is 0 Å². The Morgan fingerprint density at radius 1 is 1.24 bits per heavy atom. The zero-order chi connectivity index (χ0) is 18.2. The number of carboxylic acid groups (broad SMARTS) is 1. The Bertz CT molecular complexity index is 701. The van der Waals surface area contributed by atoms with Crippen LogP contribution in [0.5, 0.6) is 5.75 Å². The largest absolute Gasteiger partial charge is 0.496 e. The molecule has 1 saturated heterocycles. The molecular formula is C18H24N2O5. The Hall–Kier alpha value is -2.28. The van der Waals surface area contributed by atoms with E-state index in [1.54, 1.807) is 24.1 Å². The number of benzene rings is 1. The number of ether oxygens (including phenoxy) is 2. The van der Waals surface area contributed by atoms with E-state index in [2.05, 4.69) is 0 Å². The first-order valence-corrected chi connectivity index (χ1v) is 8.41. The lowest BCUT2D eigenvalue weighted by Crippen LogP contribution is -2.59. The Kier molecular flexibility index (Phi) is 4.60. The molecule has 2 aliphatic heterocycles. The lowest BCUT2D eigenvalue weighted by molar-refractivity contribution is -0.0358. The molecule has 7 nitrogen and oxygen atoms in total. The standard InChI is InChI=1S/C18H24N2O5/c1-18(2)11-25-9-8-20(18)17(23)19-7-6-12-13(16(21)22)4-5-15(24-3)14(12)10-19/h4-5H,6-11H2,1-3H3,(H,21,22). The number of amides is 2. The highest BCUT2D eigenvalue weighted by atomic mass is 16.5. The van der Waals surface area contributed by atoms with Crippen LogP contribution >= 0.6 is 0 Å². The number of fused-ring (bicyclic) bond motifs is 1. The first-order chi connectivity index (χ1) is 11.8. The summed E-state index contributed by atoms with van der Waals surface area (Å²) in [5, 5.41) is 9.41. The molecule has 25 heavy (non-hydrogen) atoms. The molecule has 1 fully saturated rings. The van der Waals surface area contributed by atoms with Gasteiger partial charge in [-0.1, -0.05) is 0 Å². The van der Waals surface area contributed by atoms with E-state index in [-0.39, 0.29) is 17.1 Å². The minimum atomic E-state index is -0.951. The summed E-state index contributed by atoms with van der Waals surface area (Å²) in [4.78, 5) is 28.1. The second-order valence-corrected chi connectivity index (χ2v) is 7.05. The third-order valence-corrected chi connectivity index (χ3v) is 4.97. The molecule has 0 aromatic heterocycles. The molecule has 0 saturated carbocycles. The molecule has 2 aliphatic rings. The fourth-order valence-electron chi connectivity index (χ4n) is 3.59. The Labute approximate surface area is 147 Å². The van der Waals surface area contributed by atoms with Crippen LogP contribution in [0.1, 0.15) is 35.3 Å². The van der Waals surface area contributed by atoms with Gasteiger partial charge in [-0.2, -0.15) is 0 Å². The molecular weight excluding hydrogens is 324 g/mol. The van der Waals surface area contributed by atoms with E-state index < -0.39 is 5.97 Å². The van der Waals surface area contributed by atoms with Crippen LogP contribution in [0.4, 0.5) is 4.79 Å². The predicted molar refractivity (Wildman–Crippen MR) is 91.1 cm³/mol. The highest BCUT2D eigenvalue weighted by molar-refractivity contribution is 5.90. The molecule has 2 amide bonds. The fourth-order valence-corrected chi connectivity index (χ4v) is 3.59. The molecule has 3 rings (SSSR count). The van der Waals surface area contributed by atoms with Crippen molar-refractivity contribution in [3.63, 3.8) is 0 Å². The normalized spacial score (nSPS) is 19.3. The van der Waals surface area contributed by atoms with E-state index in [0.717, 1.165) is 11.1 Å². The third kappa shape index (κ3) is 3.16. The van der Waals surface area contributed by atoms with Crippen LogP contribution < -0.4 is 4.74 Å². The summed E-state index contributed by atoms with van der Waals surface area (Å²) in [6.07, 6.45) is 0.505. The van der Waals surface area contributed by atoms with Crippen LogP contribution in [-0.2, 0) is 17.7 Å². The Morgan fingerprint density at radius 3 is 2.64 bits per heavy atom. The van der Waals surface area contributed by atoms with Crippen molar-refractivity contribution >= 4 is 12.0 Å². The summed E-state index contributed by atoms with van der Waals surface area (Å²) in [5.74, 6) is -0.327. The fraction of sp³-hybridized carbons (Fsp3) is 0.556. The lowest BCUT2D eigenvalue weighted by atomic mass is 9.93. The van der Waals surface area contributed by atoms with E-state index in [4.69, 9.17) is 9.47 Å². The Morgan fingerprint density at radius 2 is 2.00 bits per heavy atom. The zero-order valence-electron chi connectivity index (χ0n) is 14.9. The molecule has 2 heterocycles. The van der Waals surface area contributed by atoms with Crippen molar-refractivity contribution in [2.24, 2.45) is 0 Å². The number of hydrogen-bond acceptors (Lipinski definition) is 4. The molecule has 0 atom stereocenters. The average molecular weight is 348 g/mol. The molecule has 0 bridgehead atoms. The van der Waals surface area contributed by atoms with Crippen LogP contribution in [0, 0.1) is 0 Å². The molecule has 1 N–H and O–H groups in total. The highest BCUT2D eigenvalue weighted by Crippen LogP contribution is 2.32. The molecule has 1 aromatic rings. The van der Waals surface area contributed by atoms with Crippen molar-refractivity contribution in [2.75, 3.05) is 33.4 Å². The minimum Gasteiger partial charge on any atom is -0.496 e. The van der Waals surface area contributed by atoms with Crippen molar-refractivity contribution in [1.82, 2.24) is 9.80 Å². The van der Waals surface area contributed by atoms with Gasteiger partial charge >= 0.3 is 12.0 Å². The number of nitrogens with zero attached hydrogens (tertiary/aromatic N) is 2. The van der Waals surface area contributed by atoms with Crippen LogP contribution in [0.25, 0.3) is 0 Å². The van der Waals surface area contributed by atoms with Gasteiger partial charge in [0.25, 0.3) is 0 Å². The van der Waals surface area contributed by atoms with Crippen molar-refractivity contribution in [1.29, 1.82) is 0 Å². The molecule has 0 radical (unpaired) electrons. The molecule has 0 aliphatic carbocycles. The van der Waals surface area contributed by atoms with Gasteiger partial charge in [-0.3, -0.25) is 0 Å². The number of morpholine rings is 1. The summed E-state index contributed by atoms with van der Waals surface area (Å²) < 4.78 is 10.9. The zero-order valence-corrected chi connectivity index (χ0v) is 14.9. The smallest absolute Gasteiger partial charge is 0.335 e. The summed E-state index contributed by atoms with van der Waals surface area (Å²) in [7, 11) is 1.56. The number of carbonyl (C=O) groups is 2. The SMILES string of the molecule is COc1ccc(C(=O)O)c2c1CN(C(=O)N1CCOCC1(C)C)CC2. The van der Waals surface area contributed by atoms with Crippen molar-refractivity contribution < 1.29 is 24.2 Å². The maximum absolute atomic E-state index is 13.0. The number of rotatable bonds is 2. The van der Waals surface area contributed by atoms with Gasteiger partial charge in [0, 0.05) is 18.7 Å². The maximum Gasteiger partial charge on any atom is 0.335 e. The maximum atomic E-state index is 13.0. The van der Waals surface area contributed by atoms with E-state index >= 15 is 0 Å². The Balaban J connectivity index is 1.89. The van der Waals surface area contributed by atoms with Crippen LogP contribution in [0.2, 0.25) is 0 Å². The minimum absolute atomic E-state index is 0.0401. The van der Waals surface area contributed by atoms with Gasteiger partial charge in [-0.05, 0) is 38.0 Å². The third-order valence-electron chi connectivity index (χ3n) is 4.97. The second-order valence-electron chi connectivity index (χ2n) is 7.05. The van der Waals surface area contributed by atoms with Gasteiger partial charge in [-0.25, -0.2) is 9.59 Å². The summed E-state index contributed by atoms with van der Waals surface area (Å²) in [6.45, 7) is 6.43.